The molecule has 1 aliphatic heterocycles. The highest BCUT2D eigenvalue weighted by Crippen LogP contribution is 2.32. The molecule has 3 rings (SSSR count). The first-order valence-corrected chi connectivity index (χ1v) is 5.90. The Balaban J connectivity index is 2.00. The molecule has 1 aromatic heterocycles. The molecule has 0 radical (unpaired) electrons. The van der Waals surface area contributed by atoms with Crippen LogP contribution in [0.3, 0.4) is 0 Å². The van der Waals surface area contributed by atoms with Gasteiger partial charge >= 0.3 is 0 Å². The molecule has 1 aliphatic rings. The maximum Gasteiger partial charge on any atom is 0.258 e. The molecule has 1 aromatic carbocycles. The number of ether oxygens (including phenoxy) is 1. The molecule has 0 atom stereocenters. The number of pyridine rings is 1. The van der Waals surface area contributed by atoms with Crippen molar-refractivity contribution >= 4 is 11.6 Å². The van der Waals surface area contributed by atoms with E-state index in [0.717, 1.165) is 0 Å². The summed E-state index contributed by atoms with van der Waals surface area (Å²) in [5, 5.41) is 0. The fourth-order valence-corrected chi connectivity index (χ4v) is 2.05. The van der Waals surface area contributed by atoms with Crippen molar-refractivity contribution in [2.75, 3.05) is 18.1 Å². The fourth-order valence-electron chi connectivity index (χ4n) is 2.05. The second kappa shape index (κ2) is 4.68. The van der Waals surface area contributed by atoms with E-state index in [1.54, 1.807) is 24.5 Å². The van der Waals surface area contributed by atoms with Crippen molar-refractivity contribution in [3.05, 3.63) is 54.1 Å². The normalized spacial score (nSPS) is 13.6. The fraction of sp³-hybridized carbons (Fsp3) is 0.143. The van der Waals surface area contributed by atoms with Gasteiger partial charge in [-0.2, -0.15) is 0 Å². The SMILES string of the molecule is O=C(c1ccncc1)N1CCOc2ccc(F)cc21. The van der Waals surface area contributed by atoms with Gasteiger partial charge in [0.2, 0.25) is 0 Å². The van der Waals surface area contributed by atoms with Gasteiger partial charge < -0.3 is 9.64 Å². The molecule has 2 aromatic rings. The number of hydrogen-bond donors (Lipinski definition) is 0. The minimum Gasteiger partial charge on any atom is -0.490 e. The number of nitrogens with zero attached hydrogens (tertiary/aromatic N) is 2. The van der Waals surface area contributed by atoms with E-state index in [0.29, 0.717) is 30.2 Å². The number of halogens is 1. The largest absolute Gasteiger partial charge is 0.490 e. The lowest BCUT2D eigenvalue weighted by atomic mass is 10.2. The molecule has 0 spiro atoms. The maximum absolute atomic E-state index is 13.3. The van der Waals surface area contributed by atoms with Crippen molar-refractivity contribution < 1.29 is 13.9 Å². The molecule has 19 heavy (non-hydrogen) atoms. The minimum atomic E-state index is -0.392. The maximum atomic E-state index is 13.3. The smallest absolute Gasteiger partial charge is 0.258 e. The minimum absolute atomic E-state index is 0.183. The first-order chi connectivity index (χ1) is 9.25. The van der Waals surface area contributed by atoms with Gasteiger partial charge in [-0.25, -0.2) is 4.39 Å². The Morgan fingerprint density at radius 1 is 1.26 bits per heavy atom. The molecule has 0 saturated carbocycles. The molecular weight excluding hydrogens is 247 g/mol. The standard InChI is InChI=1S/C14H11FN2O2/c15-11-1-2-13-12(9-11)17(7-8-19-13)14(18)10-3-5-16-6-4-10/h1-6,9H,7-8H2. The monoisotopic (exact) mass is 258 g/mol. The van der Waals surface area contributed by atoms with Crippen LogP contribution >= 0.6 is 0 Å². The summed E-state index contributed by atoms with van der Waals surface area (Å²) in [6.45, 7) is 0.799. The second-order valence-corrected chi connectivity index (χ2v) is 4.15. The van der Waals surface area contributed by atoms with Crippen LogP contribution in [-0.4, -0.2) is 24.0 Å². The van der Waals surface area contributed by atoms with Crippen LogP contribution in [0, 0.1) is 5.82 Å². The molecule has 0 aliphatic carbocycles. The van der Waals surface area contributed by atoms with Crippen LogP contribution in [0.1, 0.15) is 10.4 Å². The quantitative estimate of drug-likeness (QED) is 0.788. The van der Waals surface area contributed by atoms with Crippen LogP contribution in [0.25, 0.3) is 0 Å². The number of anilines is 1. The van der Waals surface area contributed by atoms with E-state index in [4.69, 9.17) is 4.74 Å². The van der Waals surface area contributed by atoms with E-state index in [1.165, 1.54) is 23.1 Å². The van der Waals surface area contributed by atoms with Crippen molar-refractivity contribution in [3.8, 4) is 5.75 Å². The van der Waals surface area contributed by atoms with Gasteiger partial charge in [0.25, 0.3) is 5.91 Å². The highest BCUT2D eigenvalue weighted by atomic mass is 19.1. The van der Waals surface area contributed by atoms with Gasteiger partial charge in [-0.05, 0) is 24.3 Å². The first-order valence-electron chi connectivity index (χ1n) is 5.90. The van der Waals surface area contributed by atoms with Crippen molar-refractivity contribution in [2.45, 2.75) is 0 Å². The molecular formula is C14H11FN2O2. The highest BCUT2D eigenvalue weighted by molar-refractivity contribution is 6.07. The molecule has 5 heteroatoms. The van der Waals surface area contributed by atoms with Crippen LogP contribution in [0.15, 0.2) is 42.7 Å². The Hall–Kier alpha value is -2.43. The van der Waals surface area contributed by atoms with Crippen molar-refractivity contribution in [3.63, 3.8) is 0 Å². The number of benzene rings is 1. The summed E-state index contributed by atoms with van der Waals surface area (Å²) in [6.07, 6.45) is 3.11. The Morgan fingerprint density at radius 2 is 2.05 bits per heavy atom. The number of hydrogen-bond acceptors (Lipinski definition) is 3. The van der Waals surface area contributed by atoms with Crippen LogP contribution in [0.5, 0.6) is 5.75 Å². The number of carbonyl (C=O) groups excluding carboxylic acids is 1. The second-order valence-electron chi connectivity index (χ2n) is 4.15. The van der Waals surface area contributed by atoms with Crippen molar-refractivity contribution in [1.29, 1.82) is 0 Å². The third kappa shape index (κ3) is 2.14. The number of amides is 1. The average Bonchev–Trinajstić information content (AvgIpc) is 2.47. The van der Waals surface area contributed by atoms with Crippen molar-refractivity contribution in [2.24, 2.45) is 0 Å². The molecule has 0 saturated heterocycles. The lowest BCUT2D eigenvalue weighted by Crippen LogP contribution is -2.38. The molecule has 4 nitrogen and oxygen atoms in total. The number of fused-ring (bicyclic) bond motifs is 1. The highest BCUT2D eigenvalue weighted by Gasteiger charge is 2.25. The summed E-state index contributed by atoms with van der Waals surface area (Å²) >= 11 is 0. The molecule has 0 N–H and O–H groups in total. The number of aromatic nitrogens is 1. The van der Waals surface area contributed by atoms with Crippen LogP contribution in [0.2, 0.25) is 0 Å². The van der Waals surface area contributed by atoms with E-state index in [1.807, 2.05) is 0 Å². The summed E-state index contributed by atoms with van der Waals surface area (Å²) in [5.74, 6) is -0.0515. The molecule has 0 fully saturated rings. The first kappa shape index (κ1) is 11.6. The molecule has 0 bridgehead atoms. The predicted octanol–water partition coefficient (Wildman–Crippen LogP) is 2.26. The summed E-state index contributed by atoms with van der Waals surface area (Å²) in [4.78, 5) is 17.8. The van der Waals surface area contributed by atoms with E-state index in [2.05, 4.69) is 4.98 Å². The molecule has 2 heterocycles. The lowest BCUT2D eigenvalue weighted by molar-refractivity contribution is 0.0976. The third-order valence-electron chi connectivity index (χ3n) is 2.96. The topological polar surface area (TPSA) is 42.4 Å². The van der Waals surface area contributed by atoms with Crippen molar-refractivity contribution in [1.82, 2.24) is 4.98 Å². The van der Waals surface area contributed by atoms with Gasteiger partial charge in [0, 0.05) is 24.0 Å². The Bertz CT molecular complexity index is 616. The van der Waals surface area contributed by atoms with Gasteiger partial charge in [0.1, 0.15) is 18.2 Å². The zero-order valence-corrected chi connectivity index (χ0v) is 10.0. The van der Waals surface area contributed by atoms with Gasteiger partial charge in [0.15, 0.2) is 0 Å². The predicted molar refractivity (Wildman–Crippen MR) is 67.8 cm³/mol. The number of carbonyl (C=O) groups is 1. The van der Waals surface area contributed by atoms with E-state index in [9.17, 15) is 9.18 Å². The van der Waals surface area contributed by atoms with E-state index >= 15 is 0 Å². The van der Waals surface area contributed by atoms with Gasteiger partial charge in [-0.15, -0.1) is 0 Å². The average molecular weight is 258 g/mol. The molecule has 0 unspecified atom stereocenters. The number of rotatable bonds is 1. The zero-order chi connectivity index (χ0) is 13.2. The lowest BCUT2D eigenvalue weighted by Gasteiger charge is -2.29. The summed E-state index contributed by atoms with van der Waals surface area (Å²) in [6, 6.07) is 7.44. The van der Waals surface area contributed by atoms with Crippen LogP contribution < -0.4 is 9.64 Å². The van der Waals surface area contributed by atoms with Gasteiger partial charge in [-0.1, -0.05) is 0 Å². The Morgan fingerprint density at radius 3 is 2.84 bits per heavy atom. The Labute approximate surface area is 109 Å². The summed E-state index contributed by atoms with van der Waals surface area (Å²) in [5.41, 5.74) is 0.986. The summed E-state index contributed by atoms with van der Waals surface area (Å²) < 4.78 is 18.8. The van der Waals surface area contributed by atoms with E-state index in [-0.39, 0.29) is 5.91 Å². The third-order valence-corrected chi connectivity index (χ3v) is 2.96. The Kier molecular flexibility index (Phi) is 2.87. The summed E-state index contributed by atoms with van der Waals surface area (Å²) in [7, 11) is 0. The van der Waals surface area contributed by atoms with Gasteiger partial charge in [0.05, 0.1) is 12.2 Å². The molecule has 96 valence electrons. The van der Waals surface area contributed by atoms with Crippen LogP contribution in [-0.2, 0) is 0 Å². The van der Waals surface area contributed by atoms with E-state index < -0.39 is 5.82 Å². The zero-order valence-electron chi connectivity index (χ0n) is 10.0. The molecule has 1 amide bonds. The van der Waals surface area contributed by atoms with Gasteiger partial charge in [-0.3, -0.25) is 9.78 Å². The van der Waals surface area contributed by atoms with Crippen LogP contribution in [0.4, 0.5) is 10.1 Å².